The first-order chi connectivity index (χ1) is 3.80. The normalized spacial score (nSPS) is 15.4. The average molecular weight is 123 g/mol. The molecule has 0 heterocycles. The van der Waals surface area contributed by atoms with Crippen molar-refractivity contribution >= 4 is 12.6 Å². The van der Waals surface area contributed by atoms with Crippen molar-refractivity contribution in [1.82, 2.24) is 0 Å². The molecule has 0 amide bonds. The molecule has 8 heavy (non-hydrogen) atoms. The van der Waals surface area contributed by atoms with Crippen LogP contribution in [-0.4, -0.2) is 0 Å². The van der Waals surface area contributed by atoms with Gasteiger partial charge < -0.3 is 12.6 Å². The zero-order valence-corrected chi connectivity index (χ0v) is 5.53. The van der Waals surface area contributed by atoms with E-state index in [1.807, 2.05) is 31.2 Å². The Bertz CT molecular complexity index is 155. The highest BCUT2D eigenvalue weighted by Crippen LogP contribution is 2.10. The van der Waals surface area contributed by atoms with E-state index in [2.05, 4.69) is 0 Å². The zero-order valence-electron chi connectivity index (χ0n) is 4.72. The van der Waals surface area contributed by atoms with Crippen molar-refractivity contribution in [1.29, 1.82) is 0 Å². The summed E-state index contributed by atoms with van der Waals surface area (Å²) in [4.78, 5) is 0.968. The lowest BCUT2D eigenvalue weighted by Gasteiger charge is -2.05. The van der Waals surface area contributed by atoms with Gasteiger partial charge >= 0.3 is 0 Å². The molecule has 0 saturated carbocycles. The molecule has 0 unspecified atom stereocenters. The zero-order chi connectivity index (χ0) is 5.98. The van der Waals surface area contributed by atoms with Gasteiger partial charge in [-0.15, -0.1) is 0 Å². The topological polar surface area (TPSA) is 0 Å². The van der Waals surface area contributed by atoms with E-state index >= 15 is 0 Å². The number of allylic oxidation sites excluding steroid dienone is 6. The molecule has 1 rings (SSSR count). The Morgan fingerprint density at radius 3 is 2.12 bits per heavy atom. The van der Waals surface area contributed by atoms with Crippen molar-refractivity contribution in [2.75, 3.05) is 0 Å². The van der Waals surface area contributed by atoms with Gasteiger partial charge in [0.2, 0.25) is 0 Å². The van der Waals surface area contributed by atoms with Gasteiger partial charge in [-0.1, -0.05) is 31.2 Å². The second kappa shape index (κ2) is 2.14. The van der Waals surface area contributed by atoms with Crippen LogP contribution < -0.4 is 0 Å². The minimum atomic E-state index is 0.968. The predicted octanol–water partition coefficient (Wildman–Crippen LogP) is 1.93. The van der Waals surface area contributed by atoms with Crippen molar-refractivity contribution in [3.8, 4) is 0 Å². The molecule has 0 bridgehead atoms. The second-order valence-electron chi connectivity index (χ2n) is 1.73. The summed E-state index contributed by atoms with van der Waals surface area (Å²) >= 11 is 4.92. The minimum Gasteiger partial charge on any atom is -0.784 e. The first kappa shape index (κ1) is 5.57. The Labute approximate surface area is 55.0 Å². The molecule has 0 atom stereocenters. The largest absolute Gasteiger partial charge is 0.784 e. The van der Waals surface area contributed by atoms with Crippen molar-refractivity contribution in [3.63, 3.8) is 0 Å². The van der Waals surface area contributed by atoms with Gasteiger partial charge in [0.25, 0.3) is 0 Å². The molecule has 1 aliphatic rings. The third-order valence-electron chi connectivity index (χ3n) is 1.07. The van der Waals surface area contributed by atoms with Gasteiger partial charge in [-0.3, -0.25) is 0 Å². The van der Waals surface area contributed by atoms with Gasteiger partial charge in [0.05, 0.1) is 0 Å². The van der Waals surface area contributed by atoms with Crippen molar-refractivity contribution in [3.05, 3.63) is 34.8 Å². The van der Waals surface area contributed by atoms with E-state index in [-0.39, 0.29) is 0 Å². The summed E-state index contributed by atoms with van der Waals surface area (Å²) in [5.74, 6) is 0. The Balaban J connectivity index is 2.90. The van der Waals surface area contributed by atoms with Gasteiger partial charge in [0.1, 0.15) is 0 Å². The Hall–Kier alpha value is -0.560. The van der Waals surface area contributed by atoms with E-state index in [0.717, 1.165) is 4.91 Å². The summed E-state index contributed by atoms with van der Waals surface area (Å²) in [6, 6.07) is 0. The summed E-state index contributed by atoms with van der Waals surface area (Å²) in [6.07, 6.45) is 8.01. The fourth-order valence-corrected chi connectivity index (χ4v) is 0.745. The molecule has 0 aromatic heterocycles. The summed E-state index contributed by atoms with van der Waals surface area (Å²) in [7, 11) is 0. The van der Waals surface area contributed by atoms with Gasteiger partial charge in [0.15, 0.2) is 0 Å². The third-order valence-corrected chi connectivity index (χ3v) is 1.30. The first-order valence-electron chi connectivity index (χ1n) is 2.53. The van der Waals surface area contributed by atoms with Gasteiger partial charge in [-0.2, -0.15) is 4.91 Å². The van der Waals surface area contributed by atoms with Crippen LogP contribution in [0.1, 0.15) is 6.92 Å². The third kappa shape index (κ3) is 0.984. The molecule has 0 saturated heterocycles. The molecule has 0 spiro atoms. The maximum absolute atomic E-state index is 4.92. The second-order valence-corrected chi connectivity index (χ2v) is 2.34. The molecular formula is C7H7S-. The number of rotatable bonds is 0. The summed E-state index contributed by atoms with van der Waals surface area (Å²) < 4.78 is 0. The quantitative estimate of drug-likeness (QED) is 0.443. The van der Waals surface area contributed by atoms with E-state index in [1.54, 1.807) is 0 Å². The van der Waals surface area contributed by atoms with Crippen molar-refractivity contribution < 1.29 is 0 Å². The highest BCUT2D eigenvalue weighted by Gasteiger charge is 1.86. The number of hydrogen-bond donors (Lipinski definition) is 0. The highest BCUT2D eigenvalue weighted by atomic mass is 32.1. The molecule has 0 fully saturated rings. The Morgan fingerprint density at radius 2 is 1.88 bits per heavy atom. The van der Waals surface area contributed by atoms with Gasteiger partial charge in [0, 0.05) is 0 Å². The molecular weight excluding hydrogens is 116 g/mol. The summed E-state index contributed by atoms with van der Waals surface area (Å²) in [5.41, 5.74) is 1.17. The molecule has 1 heteroatoms. The molecule has 0 aliphatic heterocycles. The standard InChI is InChI=1S/C7H8S/c1-6(8)7-4-2-3-5-7/h2-5,8H,1H3/p-1. The summed E-state index contributed by atoms with van der Waals surface area (Å²) in [6.45, 7) is 1.94. The Morgan fingerprint density at radius 1 is 1.38 bits per heavy atom. The van der Waals surface area contributed by atoms with Crippen LogP contribution in [-0.2, 0) is 12.6 Å². The average Bonchev–Trinajstić information content (AvgIpc) is 2.12. The van der Waals surface area contributed by atoms with Crippen LogP contribution in [0.2, 0.25) is 0 Å². The monoisotopic (exact) mass is 123 g/mol. The molecule has 0 N–H and O–H groups in total. The van der Waals surface area contributed by atoms with E-state index in [0.29, 0.717) is 0 Å². The van der Waals surface area contributed by atoms with Crippen LogP contribution in [0.25, 0.3) is 0 Å². The van der Waals surface area contributed by atoms with Crippen LogP contribution in [0.3, 0.4) is 0 Å². The molecule has 0 aromatic carbocycles. The molecule has 0 nitrogen and oxygen atoms in total. The maximum Gasteiger partial charge on any atom is -0.0490 e. The van der Waals surface area contributed by atoms with E-state index in [1.165, 1.54) is 5.57 Å². The molecule has 0 radical (unpaired) electrons. The van der Waals surface area contributed by atoms with E-state index in [9.17, 15) is 0 Å². The number of hydrogen-bond acceptors (Lipinski definition) is 1. The Kier molecular flexibility index (Phi) is 1.49. The van der Waals surface area contributed by atoms with Gasteiger partial charge in [-0.25, -0.2) is 0 Å². The van der Waals surface area contributed by atoms with E-state index in [4.69, 9.17) is 12.6 Å². The first-order valence-corrected chi connectivity index (χ1v) is 2.94. The van der Waals surface area contributed by atoms with Crippen LogP contribution in [0, 0.1) is 0 Å². The van der Waals surface area contributed by atoms with Crippen LogP contribution in [0.5, 0.6) is 0 Å². The summed E-state index contributed by atoms with van der Waals surface area (Å²) in [5, 5.41) is 0. The predicted molar refractivity (Wildman–Crippen MR) is 38.3 cm³/mol. The molecule has 0 aromatic rings. The lowest BCUT2D eigenvalue weighted by molar-refractivity contribution is 1.59. The SMILES string of the molecule is CC([S-])=C1C=CC=C1. The minimum absolute atomic E-state index is 0.968. The smallest absolute Gasteiger partial charge is 0.0490 e. The molecule has 1 aliphatic carbocycles. The van der Waals surface area contributed by atoms with Crippen LogP contribution in [0.15, 0.2) is 34.8 Å². The van der Waals surface area contributed by atoms with Crippen molar-refractivity contribution in [2.45, 2.75) is 6.92 Å². The van der Waals surface area contributed by atoms with Crippen molar-refractivity contribution in [2.24, 2.45) is 0 Å². The molecule has 42 valence electrons. The lowest BCUT2D eigenvalue weighted by Crippen LogP contribution is -1.71. The fourth-order valence-electron chi connectivity index (χ4n) is 0.609. The van der Waals surface area contributed by atoms with Gasteiger partial charge in [-0.05, 0) is 5.57 Å². The highest BCUT2D eigenvalue weighted by molar-refractivity contribution is 7.63. The fraction of sp³-hybridized carbons (Fsp3) is 0.143. The maximum atomic E-state index is 4.92. The van der Waals surface area contributed by atoms with E-state index < -0.39 is 0 Å². The lowest BCUT2D eigenvalue weighted by atomic mass is 10.3. The van der Waals surface area contributed by atoms with Crippen LogP contribution >= 0.6 is 0 Å². The van der Waals surface area contributed by atoms with Crippen LogP contribution in [0.4, 0.5) is 0 Å².